The smallest absolute Gasteiger partial charge is 0.407 e. The van der Waals surface area contributed by atoms with Crippen molar-refractivity contribution in [3.05, 3.63) is 48.2 Å². The number of rotatable bonds is 6. The summed E-state index contributed by atoms with van der Waals surface area (Å²) in [6.07, 6.45) is 1.07. The van der Waals surface area contributed by atoms with Crippen molar-refractivity contribution in [2.75, 3.05) is 23.3 Å². The van der Waals surface area contributed by atoms with Crippen molar-refractivity contribution in [3.8, 4) is 0 Å². The number of aromatic nitrogens is 1. The first kappa shape index (κ1) is 28.5. The number of carbonyl (C=O) groups is 3. The number of pyridine rings is 1. The van der Waals surface area contributed by atoms with Gasteiger partial charge in [-0.15, -0.1) is 0 Å². The van der Waals surface area contributed by atoms with Crippen molar-refractivity contribution in [3.63, 3.8) is 0 Å². The zero-order valence-corrected chi connectivity index (χ0v) is 22.8. The molecule has 1 aliphatic heterocycles. The molecule has 0 aliphatic carbocycles. The molecule has 1 aromatic carbocycles. The molecular formula is C27H37N6O5. The Morgan fingerprint density at radius 3 is 2.08 bits per heavy atom. The molecule has 0 bridgehead atoms. The first-order valence-corrected chi connectivity index (χ1v) is 12.5. The SMILES string of the molecule is CC(C)(C)OC(=O)N[C@@H]1C[C@H](NC(=O)OC(C)(C)C)CN(c2cc(Nc3[c]ccc(C(N)=O)c3)ccn2)C1. The summed E-state index contributed by atoms with van der Waals surface area (Å²) in [4.78, 5) is 43.0. The third-order valence-corrected chi connectivity index (χ3v) is 5.33. The van der Waals surface area contributed by atoms with Crippen molar-refractivity contribution in [2.45, 2.75) is 71.2 Å². The van der Waals surface area contributed by atoms with Crippen LogP contribution in [0.15, 0.2) is 36.5 Å². The number of piperidine rings is 1. The highest BCUT2D eigenvalue weighted by Crippen LogP contribution is 2.24. The summed E-state index contributed by atoms with van der Waals surface area (Å²) in [5.74, 6) is 0.102. The summed E-state index contributed by atoms with van der Waals surface area (Å²) in [5.41, 5.74) is 5.76. The Morgan fingerprint density at radius 1 is 0.974 bits per heavy atom. The average molecular weight is 526 g/mol. The largest absolute Gasteiger partial charge is 0.444 e. The van der Waals surface area contributed by atoms with E-state index in [-0.39, 0.29) is 12.1 Å². The van der Waals surface area contributed by atoms with Crippen LogP contribution in [0.3, 0.4) is 0 Å². The zero-order valence-electron chi connectivity index (χ0n) is 22.8. The highest BCUT2D eigenvalue weighted by Gasteiger charge is 2.32. The molecular weight excluding hydrogens is 488 g/mol. The Hall–Kier alpha value is -4.02. The van der Waals surface area contributed by atoms with Crippen molar-refractivity contribution in [1.82, 2.24) is 15.6 Å². The van der Waals surface area contributed by atoms with Gasteiger partial charge in [0, 0.05) is 48.4 Å². The van der Waals surface area contributed by atoms with Crippen molar-refractivity contribution >= 4 is 35.3 Å². The van der Waals surface area contributed by atoms with E-state index in [1.54, 1.807) is 72.0 Å². The van der Waals surface area contributed by atoms with Gasteiger partial charge >= 0.3 is 12.2 Å². The fraction of sp³-hybridized carbons (Fsp3) is 0.481. The minimum atomic E-state index is -0.642. The number of primary amides is 1. The predicted molar refractivity (Wildman–Crippen MR) is 144 cm³/mol. The van der Waals surface area contributed by atoms with Crippen LogP contribution in [0.2, 0.25) is 0 Å². The summed E-state index contributed by atoms with van der Waals surface area (Å²) in [6.45, 7) is 11.7. The number of ether oxygens (including phenoxy) is 2. The second-order valence-corrected chi connectivity index (χ2v) is 11.2. The quantitative estimate of drug-likeness (QED) is 0.446. The Labute approximate surface area is 223 Å². The van der Waals surface area contributed by atoms with Crippen molar-refractivity contribution < 1.29 is 23.9 Å². The summed E-state index contributed by atoms with van der Waals surface area (Å²) in [5, 5.41) is 9.03. The Balaban J connectivity index is 1.79. The topological polar surface area (TPSA) is 148 Å². The van der Waals surface area contributed by atoms with Gasteiger partial charge in [-0.1, -0.05) is 6.07 Å². The maximum Gasteiger partial charge on any atom is 0.407 e. The van der Waals surface area contributed by atoms with Crippen LogP contribution in [0.5, 0.6) is 0 Å². The maximum absolute atomic E-state index is 12.5. The van der Waals surface area contributed by atoms with Gasteiger partial charge < -0.3 is 36.1 Å². The molecule has 1 saturated heterocycles. The minimum absolute atomic E-state index is 0.322. The van der Waals surface area contributed by atoms with Gasteiger partial charge in [-0.2, -0.15) is 0 Å². The van der Waals surface area contributed by atoms with Gasteiger partial charge in [0.05, 0.1) is 12.1 Å². The lowest BCUT2D eigenvalue weighted by Crippen LogP contribution is -2.58. The van der Waals surface area contributed by atoms with E-state index < -0.39 is 29.3 Å². The third-order valence-electron chi connectivity index (χ3n) is 5.33. The van der Waals surface area contributed by atoms with Crippen LogP contribution in [0, 0.1) is 6.07 Å². The zero-order chi connectivity index (χ0) is 28.1. The van der Waals surface area contributed by atoms with Crippen LogP contribution in [0.4, 0.5) is 26.8 Å². The second kappa shape index (κ2) is 11.6. The summed E-state index contributed by atoms with van der Waals surface area (Å²) in [7, 11) is 0. The third kappa shape index (κ3) is 9.13. The summed E-state index contributed by atoms with van der Waals surface area (Å²) in [6, 6.07) is 10.8. The molecule has 11 heteroatoms. The molecule has 38 heavy (non-hydrogen) atoms. The Kier molecular flexibility index (Phi) is 8.70. The Morgan fingerprint density at radius 2 is 1.55 bits per heavy atom. The lowest BCUT2D eigenvalue weighted by atomic mass is 10.0. The van der Waals surface area contributed by atoms with Gasteiger partial charge in [-0.25, -0.2) is 14.6 Å². The van der Waals surface area contributed by atoms with E-state index in [1.807, 2.05) is 11.0 Å². The number of nitrogens with one attached hydrogen (secondary N) is 3. The number of anilines is 3. The molecule has 0 unspecified atom stereocenters. The normalized spacial score (nSPS) is 17.8. The number of hydrogen-bond acceptors (Lipinski definition) is 8. The molecule has 1 aromatic heterocycles. The maximum atomic E-state index is 12.5. The molecule has 1 radical (unpaired) electrons. The van der Waals surface area contributed by atoms with Crippen molar-refractivity contribution in [1.29, 1.82) is 0 Å². The van der Waals surface area contributed by atoms with Gasteiger partial charge in [0.1, 0.15) is 17.0 Å². The van der Waals surface area contributed by atoms with Crippen LogP contribution in [-0.4, -0.2) is 59.5 Å². The molecule has 1 fully saturated rings. The average Bonchev–Trinajstić information content (AvgIpc) is 2.76. The van der Waals surface area contributed by atoms with Crippen LogP contribution >= 0.6 is 0 Å². The number of carbonyl (C=O) groups excluding carboxylic acids is 3. The molecule has 205 valence electrons. The lowest BCUT2D eigenvalue weighted by Gasteiger charge is -2.39. The van der Waals surface area contributed by atoms with E-state index in [4.69, 9.17) is 15.2 Å². The molecule has 2 heterocycles. The Bertz CT molecular complexity index is 1120. The number of alkyl carbamates (subject to hydrolysis) is 2. The van der Waals surface area contributed by atoms with E-state index >= 15 is 0 Å². The summed E-state index contributed by atoms with van der Waals surface area (Å²) < 4.78 is 10.9. The number of benzene rings is 1. The molecule has 0 saturated carbocycles. The second-order valence-electron chi connectivity index (χ2n) is 11.2. The van der Waals surface area contributed by atoms with Crippen LogP contribution in [0.25, 0.3) is 0 Å². The number of nitrogens with zero attached hydrogens (tertiary/aromatic N) is 2. The fourth-order valence-electron chi connectivity index (χ4n) is 3.96. The highest BCUT2D eigenvalue weighted by molar-refractivity contribution is 5.93. The summed E-state index contributed by atoms with van der Waals surface area (Å²) >= 11 is 0. The fourth-order valence-corrected chi connectivity index (χ4v) is 3.96. The predicted octanol–water partition coefficient (Wildman–Crippen LogP) is 3.72. The van der Waals surface area contributed by atoms with Gasteiger partial charge in [0.2, 0.25) is 5.91 Å². The van der Waals surface area contributed by atoms with Gasteiger partial charge in [0.15, 0.2) is 0 Å². The van der Waals surface area contributed by atoms with Gasteiger partial charge in [0.25, 0.3) is 0 Å². The molecule has 1 aliphatic rings. The number of hydrogen-bond donors (Lipinski definition) is 4. The standard InChI is InChI=1S/C27H37N6O5/c1-26(2,3)37-24(35)31-20-13-21(32-25(36)38-27(4,5)6)16-33(15-20)22-14-19(10-11-29-22)30-18-9-7-8-17(12-18)23(28)34/h7-8,10-12,14,20-21H,13,15-16H2,1-6H3,(H2,28,34)(H,29,30)(H,31,35)(H,32,36)/t20-,21+. The molecule has 2 aromatic rings. The van der Waals surface area contributed by atoms with E-state index in [2.05, 4.69) is 27.0 Å². The van der Waals surface area contributed by atoms with Gasteiger partial charge in [-0.3, -0.25) is 4.79 Å². The number of amides is 3. The molecule has 5 N–H and O–H groups in total. The first-order chi connectivity index (χ1) is 17.7. The van der Waals surface area contributed by atoms with Crippen LogP contribution < -0.4 is 26.6 Å². The van der Waals surface area contributed by atoms with E-state index in [1.165, 1.54) is 0 Å². The highest BCUT2D eigenvalue weighted by atomic mass is 16.6. The van der Waals surface area contributed by atoms with Crippen LogP contribution in [0.1, 0.15) is 58.3 Å². The minimum Gasteiger partial charge on any atom is -0.444 e. The number of nitrogens with two attached hydrogens (primary N) is 1. The monoisotopic (exact) mass is 525 g/mol. The lowest BCUT2D eigenvalue weighted by molar-refractivity contribution is 0.0475. The molecule has 11 nitrogen and oxygen atoms in total. The molecule has 0 spiro atoms. The molecule has 3 amide bonds. The van der Waals surface area contributed by atoms with E-state index in [0.717, 1.165) is 0 Å². The molecule has 2 atom stereocenters. The van der Waals surface area contributed by atoms with Crippen molar-refractivity contribution in [2.24, 2.45) is 5.73 Å². The first-order valence-electron chi connectivity index (χ1n) is 12.5. The van der Waals surface area contributed by atoms with Gasteiger partial charge in [-0.05, 0) is 66.2 Å². The van der Waals surface area contributed by atoms with E-state index in [9.17, 15) is 14.4 Å². The van der Waals surface area contributed by atoms with E-state index in [0.29, 0.717) is 42.3 Å². The molecule has 3 rings (SSSR count). The van der Waals surface area contributed by atoms with Crippen LogP contribution in [-0.2, 0) is 9.47 Å².